The molecule has 0 aliphatic heterocycles. The summed E-state index contributed by atoms with van der Waals surface area (Å²) in [4.78, 5) is 13.1. The molecule has 0 fully saturated rings. The SMILES string of the molecule is C=CCOc1ccc(/C=C/C(=O)NCCc2cccs2)cc1OC. The fourth-order valence-electron chi connectivity index (χ4n) is 2.05. The van der Waals surface area contributed by atoms with Crippen LogP contribution in [-0.4, -0.2) is 26.2 Å². The van der Waals surface area contributed by atoms with Crippen molar-refractivity contribution in [1.29, 1.82) is 0 Å². The van der Waals surface area contributed by atoms with Gasteiger partial charge in [-0.3, -0.25) is 4.79 Å². The van der Waals surface area contributed by atoms with E-state index in [-0.39, 0.29) is 5.91 Å². The van der Waals surface area contributed by atoms with E-state index >= 15 is 0 Å². The van der Waals surface area contributed by atoms with Gasteiger partial charge < -0.3 is 14.8 Å². The molecule has 0 aliphatic carbocycles. The predicted molar refractivity (Wildman–Crippen MR) is 98.8 cm³/mol. The third-order valence-corrected chi connectivity index (χ3v) is 4.16. The van der Waals surface area contributed by atoms with Gasteiger partial charge in [0, 0.05) is 17.5 Å². The van der Waals surface area contributed by atoms with E-state index in [2.05, 4.69) is 18.0 Å². The van der Waals surface area contributed by atoms with E-state index in [1.54, 1.807) is 30.6 Å². The van der Waals surface area contributed by atoms with Gasteiger partial charge in [0.05, 0.1) is 7.11 Å². The number of hydrogen-bond acceptors (Lipinski definition) is 4. The summed E-state index contributed by atoms with van der Waals surface area (Å²) < 4.78 is 10.8. The molecule has 2 rings (SSSR count). The Morgan fingerprint density at radius 2 is 2.21 bits per heavy atom. The third-order valence-electron chi connectivity index (χ3n) is 3.22. The Morgan fingerprint density at radius 1 is 1.33 bits per heavy atom. The average molecular weight is 343 g/mol. The zero-order valence-electron chi connectivity index (χ0n) is 13.7. The van der Waals surface area contributed by atoms with Crippen molar-refractivity contribution in [2.75, 3.05) is 20.3 Å². The van der Waals surface area contributed by atoms with Crippen LogP contribution in [0.15, 0.2) is 54.4 Å². The fourth-order valence-corrected chi connectivity index (χ4v) is 2.76. The zero-order valence-corrected chi connectivity index (χ0v) is 14.5. The molecule has 0 atom stereocenters. The molecule has 5 heteroatoms. The number of thiophene rings is 1. The molecule has 0 unspecified atom stereocenters. The Bertz CT molecular complexity index is 693. The van der Waals surface area contributed by atoms with Crippen molar-refractivity contribution < 1.29 is 14.3 Å². The minimum Gasteiger partial charge on any atom is -0.493 e. The van der Waals surface area contributed by atoms with Crippen molar-refractivity contribution in [2.24, 2.45) is 0 Å². The highest BCUT2D eigenvalue weighted by molar-refractivity contribution is 7.09. The third kappa shape index (κ3) is 5.59. The van der Waals surface area contributed by atoms with Crippen LogP contribution >= 0.6 is 11.3 Å². The van der Waals surface area contributed by atoms with Crippen molar-refractivity contribution in [3.8, 4) is 11.5 Å². The Balaban J connectivity index is 1.87. The molecular weight excluding hydrogens is 322 g/mol. The lowest BCUT2D eigenvalue weighted by molar-refractivity contribution is -0.116. The Morgan fingerprint density at radius 3 is 2.92 bits per heavy atom. The van der Waals surface area contributed by atoms with Crippen LogP contribution in [0.25, 0.3) is 6.08 Å². The van der Waals surface area contributed by atoms with Crippen molar-refractivity contribution in [2.45, 2.75) is 6.42 Å². The van der Waals surface area contributed by atoms with Crippen LogP contribution in [-0.2, 0) is 11.2 Å². The van der Waals surface area contributed by atoms with Gasteiger partial charge in [-0.05, 0) is 41.6 Å². The molecule has 1 aromatic heterocycles. The first-order chi connectivity index (χ1) is 11.7. The summed E-state index contributed by atoms with van der Waals surface area (Å²) in [5.74, 6) is 1.16. The molecule has 0 aliphatic rings. The summed E-state index contributed by atoms with van der Waals surface area (Å²) >= 11 is 1.69. The summed E-state index contributed by atoms with van der Waals surface area (Å²) in [6.07, 6.45) is 5.79. The number of amides is 1. The van der Waals surface area contributed by atoms with Crippen LogP contribution < -0.4 is 14.8 Å². The number of carbonyl (C=O) groups is 1. The number of nitrogens with one attached hydrogen (secondary N) is 1. The van der Waals surface area contributed by atoms with Crippen LogP contribution in [0.2, 0.25) is 0 Å². The number of methoxy groups -OCH3 is 1. The van der Waals surface area contributed by atoms with Crippen LogP contribution in [0.3, 0.4) is 0 Å². The number of ether oxygens (including phenoxy) is 2. The average Bonchev–Trinajstić information content (AvgIpc) is 3.11. The van der Waals surface area contributed by atoms with Crippen LogP contribution in [0.5, 0.6) is 11.5 Å². The van der Waals surface area contributed by atoms with Crippen LogP contribution in [0.1, 0.15) is 10.4 Å². The smallest absolute Gasteiger partial charge is 0.244 e. The minimum absolute atomic E-state index is 0.113. The van der Waals surface area contributed by atoms with Gasteiger partial charge in [-0.1, -0.05) is 24.8 Å². The molecule has 0 spiro atoms. The van der Waals surface area contributed by atoms with Crippen LogP contribution in [0.4, 0.5) is 0 Å². The van der Waals surface area contributed by atoms with E-state index < -0.39 is 0 Å². The maximum Gasteiger partial charge on any atom is 0.244 e. The van der Waals surface area contributed by atoms with Crippen LogP contribution in [0, 0.1) is 0 Å². The molecule has 1 N–H and O–H groups in total. The van der Waals surface area contributed by atoms with Gasteiger partial charge in [-0.15, -0.1) is 11.3 Å². The van der Waals surface area contributed by atoms with Crippen molar-refractivity contribution in [3.63, 3.8) is 0 Å². The standard InChI is InChI=1S/C19H21NO3S/c1-3-12-23-17-8-6-15(14-18(17)22-2)7-9-19(21)20-11-10-16-5-4-13-24-16/h3-9,13-14H,1,10-12H2,2H3,(H,20,21)/b9-7+. The summed E-state index contributed by atoms with van der Waals surface area (Å²) in [6, 6.07) is 9.59. The first kappa shape index (κ1) is 17.8. The minimum atomic E-state index is -0.113. The van der Waals surface area contributed by atoms with Crippen molar-refractivity contribution in [1.82, 2.24) is 5.32 Å². The molecule has 1 heterocycles. The molecule has 1 aromatic carbocycles. The Hall–Kier alpha value is -2.53. The molecular formula is C19H21NO3S. The van der Waals surface area contributed by atoms with E-state index in [0.29, 0.717) is 24.7 Å². The Labute approximate surface area is 146 Å². The molecule has 0 radical (unpaired) electrons. The monoisotopic (exact) mass is 343 g/mol. The van der Waals surface area contributed by atoms with Crippen molar-refractivity contribution in [3.05, 3.63) is 64.9 Å². The van der Waals surface area contributed by atoms with Gasteiger partial charge >= 0.3 is 0 Å². The second-order valence-electron chi connectivity index (χ2n) is 4.96. The van der Waals surface area contributed by atoms with E-state index in [9.17, 15) is 4.79 Å². The summed E-state index contributed by atoms with van der Waals surface area (Å²) in [5.41, 5.74) is 0.867. The van der Waals surface area contributed by atoms with Gasteiger partial charge in [-0.25, -0.2) is 0 Å². The maximum absolute atomic E-state index is 11.8. The second-order valence-corrected chi connectivity index (χ2v) is 6.00. The number of rotatable bonds is 9. The van der Waals surface area contributed by atoms with E-state index in [1.165, 1.54) is 11.0 Å². The number of hydrogen-bond donors (Lipinski definition) is 1. The normalized spacial score (nSPS) is 10.5. The quantitative estimate of drug-likeness (QED) is 0.558. The van der Waals surface area contributed by atoms with Gasteiger partial charge in [0.15, 0.2) is 11.5 Å². The van der Waals surface area contributed by atoms with Gasteiger partial charge in [0.2, 0.25) is 5.91 Å². The van der Waals surface area contributed by atoms with Gasteiger partial charge in [-0.2, -0.15) is 0 Å². The Kier molecular flexibility index (Phi) is 7.11. The molecule has 2 aromatic rings. The first-order valence-corrected chi connectivity index (χ1v) is 8.51. The van der Waals surface area contributed by atoms with Gasteiger partial charge in [0.25, 0.3) is 0 Å². The highest BCUT2D eigenvalue weighted by Crippen LogP contribution is 2.28. The number of benzene rings is 1. The number of carbonyl (C=O) groups excluding carboxylic acids is 1. The summed E-state index contributed by atoms with van der Waals surface area (Å²) in [7, 11) is 1.58. The van der Waals surface area contributed by atoms with E-state index in [4.69, 9.17) is 9.47 Å². The largest absolute Gasteiger partial charge is 0.493 e. The predicted octanol–water partition coefficient (Wildman–Crippen LogP) is 3.69. The summed E-state index contributed by atoms with van der Waals surface area (Å²) in [5, 5.41) is 4.91. The molecule has 0 saturated heterocycles. The lowest BCUT2D eigenvalue weighted by atomic mass is 10.2. The topological polar surface area (TPSA) is 47.6 Å². The molecule has 0 saturated carbocycles. The molecule has 1 amide bonds. The van der Waals surface area contributed by atoms with Gasteiger partial charge in [0.1, 0.15) is 6.61 Å². The molecule has 126 valence electrons. The lowest BCUT2D eigenvalue weighted by Gasteiger charge is -2.09. The lowest BCUT2D eigenvalue weighted by Crippen LogP contribution is -2.23. The summed E-state index contributed by atoms with van der Waals surface area (Å²) in [6.45, 7) is 4.66. The first-order valence-electron chi connectivity index (χ1n) is 7.63. The second kappa shape index (κ2) is 9.57. The zero-order chi connectivity index (χ0) is 17.2. The van der Waals surface area contributed by atoms with E-state index in [0.717, 1.165) is 12.0 Å². The highest BCUT2D eigenvalue weighted by Gasteiger charge is 2.04. The van der Waals surface area contributed by atoms with Crippen molar-refractivity contribution >= 4 is 23.3 Å². The maximum atomic E-state index is 11.8. The molecule has 4 nitrogen and oxygen atoms in total. The molecule has 24 heavy (non-hydrogen) atoms. The fraction of sp³-hybridized carbons (Fsp3) is 0.211. The van der Waals surface area contributed by atoms with E-state index in [1.807, 2.05) is 29.6 Å². The molecule has 0 bridgehead atoms. The highest BCUT2D eigenvalue weighted by atomic mass is 32.1.